The van der Waals surface area contributed by atoms with Crippen LogP contribution in [0.15, 0.2) is 60.7 Å². The Morgan fingerprint density at radius 3 is 2.32 bits per heavy atom. The van der Waals surface area contributed by atoms with Crippen molar-refractivity contribution < 1.29 is 4.74 Å². The van der Waals surface area contributed by atoms with E-state index in [0.29, 0.717) is 12.0 Å². The van der Waals surface area contributed by atoms with Gasteiger partial charge in [-0.05, 0) is 36.3 Å². The van der Waals surface area contributed by atoms with Crippen LogP contribution in [0.3, 0.4) is 0 Å². The van der Waals surface area contributed by atoms with Gasteiger partial charge in [0.1, 0.15) is 0 Å². The van der Waals surface area contributed by atoms with Gasteiger partial charge in [0, 0.05) is 6.61 Å². The van der Waals surface area contributed by atoms with Crippen LogP contribution in [0.4, 0.5) is 0 Å². The molecular formula is C18H20O. The highest BCUT2D eigenvalue weighted by atomic mass is 16.5. The van der Waals surface area contributed by atoms with Crippen molar-refractivity contribution in [3.05, 3.63) is 71.8 Å². The van der Waals surface area contributed by atoms with Crippen LogP contribution in [0.5, 0.6) is 0 Å². The minimum absolute atomic E-state index is 0.362. The zero-order chi connectivity index (χ0) is 12.9. The highest BCUT2D eigenvalue weighted by Gasteiger charge is 2.23. The van der Waals surface area contributed by atoms with Crippen LogP contribution in [0.25, 0.3) is 0 Å². The van der Waals surface area contributed by atoms with Crippen LogP contribution in [-0.2, 0) is 11.2 Å². The molecule has 1 fully saturated rings. The molecule has 0 bridgehead atoms. The van der Waals surface area contributed by atoms with E-state index in [-0.39, 0.29) is 0 Å². The molecule has 0 unspecified atom stereocenters. The predicted octanol–water partition coefficient (Wildman–Crippen LogP) is 4.19. The summed E-state index contributed by atoms with van der Waals surface area (Å²) in [6, 6.07) is 21.5. The van der Waals surface area contributed by atoms with Crippen LogP contribution >= 0.6 is 0 Å². The second kappa shape index (κ2) is 6.03. The molecule has 1 heterocycles. The molecule has 1 heteroatoms. The van der Waals surface area contributed by atoms with E-state index in [1.54, 1.807) is 0 Å². The fourth-order valence-electron chi connectivity index (χ4n) is 2.93. The first-order chi connectivity index (χ1) is 9.42. The summed E-state index contributed by atoms with van der Waals surface area (Å²) in [6.07, 6.45) is 3.68. The van der Waals surface area contributed by atoms with Crippen LogP contribution < -0.4 is 0 Å². The van der Waals surface area contributed by atoms with Gasteiger partial charge in [0.05, 0.1) is 6.10 Å². The van der Waals surface area contributed by atoms with Gasteiger partial charge < -0.3 is 4.74 Å². The van der Waals surface area contributed by atoms with Crippen LogP contribution in [0, 0.1) is 0 Å². The Morgan fingerprint density at radius 2 is 1.58 bits per heavy atom. The molecule has 2 atom stereocenters. The SMILES string of the molecule is c1ccc(C[C@H]2C[C@@H](c3ccccc3)CCO2)cc1. The van der Waals surface area contributed by atoms with Gasteiger partial charge in [0.25, 0.3) is 0 Å². The molecule has 1 aliphatic heterocycles. The van der Waals surface area contributed by atoms with E-state index in [1.807, 2.05) is 0 Å². The van der Waals surface area contributed by atoms with Gasteiger partial charge in [-0.1, -0.05) is 60.7 Å². The van der Waals surface area contributed by atoms with E-state index in [1.165, 1.54) is 11.1 Å². The third-order valence-electron chi connectivity index (χ3n) is 3.94. The summed E-state index contributed by atoms with van der Waals surface area (Å²) in [7, 11) is 0. The molecule has 19 heavy (non-hydrogen) atoms. The normalized spacial score (nSPS) is 23.2. The fourth-order valence-corrected chi connectivity index (χ4v) is 2.93. The van der Waals surface area contributed by atoms with Crippen molar-refractivity contribution in [1.29, 1.82) is 0 Å². The van der Waals surface area contributed by atoms with Gasteiger partial charge in [-0.3, -0.25) is 0 Å². The van der Waals surface area contributed by atoms with Crippen molar-refractivity contribution in [1.82, 2.24) is 0 Å². The monoisotopic (exact) mass is 252 g/mol. The third-order valence-corrected chi connectivity index (χ3v) is 3.94. The Kier molecular flexibility index (Phi) is 3.95. The van der Waals surface area contributed by atoms with E-state index in [4.69, 9.17) is 4.74 Å². The van der Waals surface area contributed by atoms with Crippen molar-refractivity contribution in [2.24, 2.45) is 0 Å². The van der Waals surface area contributed by atoms with E-state index in [2.05, 4.69) is 60.7 Å². The van der Waals surface area contributed by atoms with Gasteiger partial charge in [-0.25, -0.2) is 0 Å². The lowest BCUT2D eigenvalue weighted by Crippen LogP contribution is -2.26. The molecule has 2 aromatic carbocycles. The van der Waals surface area contributed by atoms with E-state index in [0.717, 1.165) is 25.9 Å². The Balaban J connectivity index is 1.65. The summed E-state index contributed by atoms with van der Waals surface area (Å²) in [5.41, 5.74) is 2.84. The minimum Gasteiger partial charge on any atom is -0.378 e. The second-order valence-corrected chi connectivity index (χ2v) is 5.31. The van der Waals surface area contributed by atoms with Gasteiger partial charge in [-0.15, -0.1) is 0 Å². The minimum atomic E-state index is 0.362. The van der Waals surface area contributed by atoms with E-state index >= 15 is 0 Å². The van der Waals surface area contributed by atoms with Crippen molar-refractivity contribution in [2.45, 2.75) is 31.3 Å². The Hall–Kier alpha value is -1.60. The van der Waals surface area contributed by atoms with Crippen LogP contribution in [0.2, 0.25) is 0 Å². The van der Waals surface area contributed by atoms with Gasteiger partial charge in [0.2, 0.25) is 0 Å². The lowest BCUT2D eigenvalue weighted by Gasteiger charge is -2.30. The molecule has 0 spiro atoms. The Labute approximate surface area is 115 Å². The molecule has 1 nitrogen and oxygen atoms in total. The molecule has 0 aliphatic carbocycles. The average molecular weight is 252 g/mol. The molecular weight excluding hydrogens is 232 g/mol. The molecule has 0 radical (unpaired) electrons. The molecule has 1 saturated heterocycles. The molecule has 0 aromatic heterocycles. The first kappa shape index (κ1) is 12.4. The van der Waals surface area contributed by atoms with Gasteiger partial charge in [0.15, 0.2) is 0 Å². The number of hydrogen-bond donors (Lipinski definition) is 0. The highest BCUT2D eigenvalue weighted by Crippen LogP contribution is 2.31. The quantitative estimate of drug-likeness (QED) is 0.795. The third kappa shape index (κ3) is 3.24. The van der Waals surface area contributed by atoms with Crippen LogP contribution in [0.1, 0.15) is 29.9 Å². The van der Waals surface area contributed by atoms with E-state index in [9.17, 15) is 0 Å². The first-order valence-electron chi connectivity index (χ1n) is 7.12. The Bertz CT molecular complexity index is 492. The highest BCUT2D eigenvalue weighted by molar-refractivity contribution is 5.21. The smallest absolute Gasteiger partial charge is 0.0621 e. The van der Waals surface area contributed by atoms with Crippen molar-refractivity contribution >= 4 is 0 Å². The number of benzene rings is 2. The zero-order valence-electron chi connectivity index (χ0n) is 11.2. The number of rotatable bonds is 3. The van der Waals surface area contributed by atoms with Crippen molar-refractivity contribution in [2.75, 3.05) is 6.61 Å². The predicted molar refractivity (Wildman–Crippen MR) is 78.3 cm³/mol. The summed E-state index contributed by atoms with van der Waals surface area (Å²) in [5.74, 6) is 0.656. The van der Waals surface area contributed by atoms with Crippen LogP contribution in [-0.4, -0.2) is 12.7 Å². The molecule has 2 aromatic rings. The maximum atomic E-state index is 5.93. The molecule has 0 amide bonds. The molecule has 1 aliphatic rings. The molecule has 98 valence electrons. The lowest BCUT2D eigenvalue weighted by atomic mass is 9.87. The van der Waals surface area contributed by atoms with Crippen molar-refractivity contribution in [3.63, 3.8) is 0 Å². The Morgan fingerprint density at radius 1 is 0.895 bits per heavy atom. The maximum absolute atomic E-state index is 5.93. The van der Waals surface area contributed by atoms with Gasteiger partial charge in [-0.2, -0.15) is 0 Å². The average Bonchev–Trinajstić information content (AvgIpc) is 2.49. The zero-order valence-corrected chi connectivity index (χ0v) is 11.2. The number of hydrogen-bond acceptors (Lipinski definition) is 1. The van der Waals surface area contributed by atoms with E-state index < -0.39 is 0 Å². The summed E-state index contributed by atoms with van der Waals surface area (Å²) >= 11 is 0. The topological polar surface area (TPSA) is 9.23 Å². The standard InChI is InChI=1S/C18H20O/c1-3-7-15(8-4-1)13-18-14-17(11-12-19-18)16-9-5-2-6-10-16/h1-10,17-18H,11-14H2/t17-,18-/m0/s1. The summed E-state index contributed by atoms with van der Waals surface area (Å²) in [4.78, 5) is 0. The summed E-state index contributed by atoms with van der Waals surface area (Å²) in [5, 5.41) is 0. The first-order valence-corrected chi connectivity index (χ1v) is 7.12. The molecule has 0 N–H and O–H groups in total. The fraction of sp³-hybridized carbons (Fsp3) is 0.333. The molecule has 0 saturated carbocycles. The summed E-state index contributed by atoms with van der Waals surface area (Å²) < 4.78 is 5.93. The largest absolute Gasteiger partial charge is 0.378 e. The second-order valence-electron chi connectivity index (χ2n) is 5.31. The number of ether oxygens (including phenoxy) is 1. The lowest BCUT2D eigenvalue weighted by molar-refractivity contribution is 0.00729. The molecule has 3 rings (SSSR count). The summed E-state index contributed by atoms with van der Waals surface area (Å²) in [6.45, 7) is 0.886. The van der Waals surface area contributed by atoms with Gasteiger partial charge >= 0.3 is 0 Å². The maximum Gasteiger partial charge on any atom is 0.0621 e. The van der Waals surface area contributed by atoms with Crippen molar-refractivity contribution in [3.8, 4) is 0 Å².